The van der Waals surface area contributed by atoms with E-state index in [0.717, 1.165) is 5.65 Å². The summed E-state index contributed by atoms with van der Waals surface area (Å²) < 4.78 is 2.32. The average molecular weight is 152 g/mol. The van der Waals surface area contributed by atoms with Crippen LogP contribution in [0, 0.1) is 4.64 Å². The van der Waals surface area contributed by atoms with E-state index in [4.69, 9.17) is 12.2 Å². The standard InChI is InChI=1S/C5H4N4S/c10-5-1-2-6-4-3-7-8-9(4)5/h1-3,8H. The number of nitrogens with zero attached hydrogens (tertiary/aromatic N) is 3. The average Bonchev–Trinajstić information content (AvgIpc) is 2.36. The molecule has 2 aromatic heterocycles. The summed E-state index contributed by atoms with van der Waals surface area (Å²) in [6.07, 6.45) is 3.28. The molecule has 50 valence electrons. The SMILES string of the molecule is S=c1ccnc2cn[nH]n12. The minimum Gasteiger partial charge on any atom is -0.236 e. The minimum atomic E-state index is 0.683. The van der Waals surface area contributed by atoms with Crippen LogP contribution in [0.3, 0.4) is 0 Å². The highest BCUT2D eigenvalue weighted by molar-refractivity contribution is 7.71. The van der Waals surface area contributed by atoms with Crippen LogP contribution in [0.2, 0.25) is 0 Å². The summed E-state index contributed by atoms with van der Waals surface area (Å²) in [5, 5.41) is 6.46. The van der Waals surface area contributed by atoms with Gasteiger partial charge in [0.15, 0.2) is 5.65 Å². The van der Waals surface area contributed by atoms with Crippen molar-refractivity contribution in [3.05, 3.63) is 23.1 Å². The van der Waals surface area contributed by atoms with Crippen molar-refractivity contribution in [2.45, 2.75) is 0 Å². The summed E-state index contributed by atoms with van der Waals surface area (Å²) in [4.78, 5) is 4.00. The summed E-state index contributed by atoms with van der Waals surface area (Å²) in [7, 11) is 0. The second kappa shape index (κ2) is 1.88. The Balaban J connectivity index is 3.09. The number of hydrogen-bond donors (Lipinski definition) is 1. The van der Waals surface area contributed by atoms with E-state index in [-0.39, 0.29) is 0 Å². The van der Waals surface area contributed by atoms with Gasteiger partial charge >= 0.3 is 0 Å². The lowest BCUT2D eigenvalue weighted by atomic mass is 10.6. The lowest BCUT2D eigenvalue weighted by Gasteiger charge is -1.87. The lowest BCUT2D eigenvalue weighted by Crippen LogP contribution is -1.89. The third kappa shape index (κ3) is 0.640. The molecule has 2 aromatic rings. The van der Waals surface area contributed by atoms with Crippen LogP contribution >= 0.6 is 12.2 Å². The molecule has 0 saturated carbocycles. The molecule has 0 aromatic carbocycles. The van der Waals surface area contributed by atoms with Crippen molar-refractivity contribution in [1.82, 2.24) is 19.8 Å². The molecule has 0 unspecified atom stereocenters. The molecule has 2 rings (SSSR count). The summed E-state index contributed by atoms with van der Waals surface area (Å²) in [6, 6.07) is 1.74. The molecule has 0 saturated heterocycles. The topological polar surface area (TPSA) is 46.0 Å². The Kier molecular flexibility index (Phi) is 1.04. The Labute approximate surface area is 61.5 Å². The highest BCUT2D eigenvalue weighted by Crippen LogP contribution is 1.94. The molecule has 0 aliphatic carbocycles. The van der Waals surface area contributed by atoms with Gasteiger partial charge in [0.05, 0.1) is 6.20 Å². The van der Waals surface area contributed by atoms with E-state index in [1.54, 1.807) is 23.0 Å². The zero-order valence-corrected chi connectivity index (χ0v) is 5.80. The Morgan fingerprint density at radius 2 is 2.50 bits per heavy atom. The minimum absolute atomic E-state index is 0.683. The third-order valence-electron chi connectivity index (χ3n) is 1.21. The molecule has 1 N–H and O–H groups in total. The number of fused-ring (bicyclic) bond motifs is 1. The number of aromatic nitrogens is 4. The molecule has 4 nitrogen and oxygen atoms in total. The van der Waals surface area contributed by atoms with Crippen LogP contribution in [-0.2, 0) is 0 Å². The molecule has 0 amide bonds. The Morgan fingerprint density at radius 3 is 3.30 bits per heavy atom. The molecule has 5 heteroatoms. The Morgan fingerprint density at radius 1 is 1.60 bits per heavy atom. The fourth-order valence-corrected chi connectivity index (χ4v) is 0.954. The normalized spacial score (nSPS) is 10.4. The van der Waals surface area contributed by atoms with Crippen LogP contribution in [0.25, 0.3) is 5.65 Å². The van der Waals surface area contributed by atoms with Gasteiger partial charge in [-0.1, -0.05) is 12.2 Å². The molecule has 0 aliphatic rings. The lowest BCUT2D eigenvalue weighted by molar-refractivity contribution is 0.837. The van der Waals surface area contributed by atoms with Crippen molar-refractivity contribution >= 4 is 17.9 Å². The summed E-state index contributed by atoms with van der Waals surface area (Å²) >= 11 is 4.96. The first-order valence-corrected chi connectivity index (χ1v) is 3.16. The van der Waals surface area contributed by atoms with Crippen LogP contribution < -0.4 is 0 Å². The maximum atomic E-state index is 4.96. The molecule has 0 aliphatic heterocycles. The first-order chi connectivity index (χ1) is 4.88. The number of rotatable bonds is 0. The predicted octanol–water partition coefficient (Wildman–Crippen LogP) is 0.787. The van der Waals surface area contributed by atoms with Gasteiger partial charge in [0.2, 0.25) is 0 Å². The van der Waals surface area contributed by atoms with Gasteiger partial charge in [0.25, 0.3) is 0 Å². The number of nitrogens with one attached hydrogen (secondary N) is 1. The number of aromatic amines is 1. The largest absolute Gasteiger partial charge is 0.236 e. The van der Waals surface area contributed by atoms with Crippen molar-refractivity contribution in [2.75, 3.05) is 0 Å². The monoisotopic (exact) mass is 152 g/mol. The Hall–Kier alpha value is -1.23. The van der Waals surface area contributed by atoms with Crippen LogP contribution in [0.5, 0.6) is 0 Å². The van der Waals surface area contributed by atoms with Gasteiger partial charge in [-0.2, -0.15) is 5.10 Å². The maximum Gasteiger partial charge on any atom is 0.174 e. The maximum absolute atomic E-state index is 4.96. The highest BCUT2D eigenvalue weighted by Gasteiger charge is 1.91. The molecule has 0 radical (unpaired) electrons. The van der Waals surface area contributed by atoms with Gasteiger partial charge in [-0.25, -0.2) is 14.7 Å². The summed E-state index contributed by atoms with van der Waals surface area (Å²) in [5.41, 5.74) is 0.743. The van der Waals surface area contributed by atoms with Gasteiger partial charge < -0.3 is 0 Å². The van der Waals surface area contributed by atoms with Crippen LogP contribution in [-0.4, -0.2) is 19.8 Å². The molecule has 0 spiro atoms. The second-order valence-corrected chi connectivity index (χ2v) is 2.25. The van der Waals surface area contributed by atoms with Crippen LogP contribution in [0.1, 0.15) is 0 Å². The van der Waals surface area contributed by atoms with E-state index < -0.39 is 0 Å². The van der Waals surface area contributed by atoms with Crippen LogP contribution in [0.15, 0.2) is 18.5 Å². The zero-order valence-electron chi connectivity index (χ0n) is 4.98. The molecular weight excluding hydrogens is 148 g/mol. The highest BCUT2D eigenvalue weighted by atomic mass is 32.1. The van der Waals surface area contributed by atoms with Crippen LogP contribution in [0.4, 0.5) is 0 Å². The van der Waals surface area contributed by atoms with Gasteiger partial charge in [-0.15, -0.1) is 0 Å². The molecular formula is C5H4N4S. The quantitative estimate of drug-likeness (QED) is 0.567. The fraction of sp³-hybridized carbons (Fsp3) is 0. The first-order valence-electron chi connectivity index (χ1n) is 2.75. The summed E-state index contributed by atoms with van der Waals surface area (Å²) in [5.74, 6) is 0. The second-order valence-electron chi connectivity index (χ2n) is 1.83. The van der Waals surface area contributed by atoms with Gasteiger partial charge in [-0.3, -0.25) is 0 Å². The third-order valence-corrected chi connectivity index (χ3v) is 1.53. The first kappa shape index (κ1) is 5.55. The van der Waals surface area contributed by atoms with Crippen molar-refractivity contribution in [2.24, 2.45) is 0 Å². The van der Waals surface area contributed by atoms with E-state index in [9.17, 15) is 0 Å². The van der Waals surface area contributed by atoms with Gasteiger partial charge in [0, 0.05) is 6.20 Å². The molecule has 0 fully saturated rings. The predicted molar refractivity (Wildman–Crippen MR) is 38.2 cm³/mol. The van der Waals surface area contributed by atoms with Crippen molar-refractivity contribution in [3.8, 4) is 0 Å². The van der Waals surface area contributed by atoms with Crippen molar-refractivity contribution < 1.29 is 0 Å². The molecule has 10 heavy (non-hydrogen) atoms. The molecule has 2 heterocycles. The number of H-pyrrole nitrogens is 1. The van der Waals surface area contributed by atoms with E-state index in [1.807, 2.05) is 0 Å². The molecule has 0 bridgehead atoms. The van der Waals surface area contributed by atoms with Gasteiger partial charge in [0.1, 0.15) is 4.64 Å². The zero-order chi connectivity index (χ0) is 6.97. The number of hydrogen-bond acceptors (Lipinski definition) is 3. The molecule has 0 atom stereocenters. The summed E-state index contributed by atoms with van der Waals surface area (Å²) in [6.45, 7) is 0. The van der Waals surface area contributed by atoms with E-state index in [1.165, 1.54) is 0 Å². The van der Waals surface area contributed by atoms with Gasteiger partial charge in [-0.05, 0) is 6.07 Å². The smallest absolute Gasteiger partial charge is 0.174 e. The van der Waals surface area contributed by atoms with Crippen molar-refractivity contribution in [3.63, 3.8) is 0 Å². The Bertz CT molecular complexity index is 401. The van der Waals surface area contributed by atoms with E-state index >= 15 is 0 Å². The fourth-order valence-electron chi connectivity index (χ4n) is 0.758. The van der Waals surface area contributed by atoms with E-state index in [2.05, 4.69) is 15.3 Å². The van der Waals surface area contributed by atoms with Crippen molar-refractivity contribution in [1.29, 1.82) is 0 Å². The van der Waals surface area contributed by atoms with E-state index in [0.29, 0.717) is 4.64 Å².